The zero-order chi connectivity index (χ0) is 23.1. The van der Waals surface area contributed by atoms with Crippen molar-refractivity contribution in [3.63, 3.8) is 0 Å². The second-order valence-corrected chi connectivity index (χ2v) is 9.57. The maximum atomic E-state index is 4.63. The number of hydrogen-bond acceptors (Lipinski definition) is 0. The van der Waals surface area contributed by atoms with E-state index in [0.717, 1.165) is 5.70 Å². The first-order chi connectivity index (χ1) is 16.7. The van der Waals surface area contributed by atoms with Gasteiger partial charge in [-0.15, -0.1) is 2.78 Å². The molecule has 1 aliphatic rings. The molecule has 0 N–H and O–H groups in total. The molecule has 6 rings (SSSR count). The predicted molar refractivity (Wildman–Crippen MR) is 146 cm³/mol. The summed E-state index contributed by atoms with van der Waals surface area (Å²) in [5, 5.41) is 0. The molecule has 0 saturated heterocycles. The zero-order valence-electron chi connectivity index (χ0n) is 18.6. The molecular formula is C31H23IN2+2. The van der Waals surface area contributed by atoms with Gasteiger partial charge in [-0.05, 0) is 47.0 Å². The molecule has 2 aromatic heterocycles. The smallest absolute Gasteiger partial charge is 0.164 e. The van der Waals surface area contributed by atoms with Crippen molar-refractivity contribution in [1.82, 2.24) is 0 Å². The summed E-state index contributed by atoms with van der Waals surface area (Å²) in [7, 11) is 0. The van der Waals surface area contributed by atoms with Crippen LogP contribution in [0.15, 0.2) is 128 Å². The van der Waals surface area contributed by atoms with Crippen molar-refractivity contribution in [2.45, 2.75) is 5.92 Å². The average Bonchev–Trinajstić information content (AvgIpc) is 2.90. The molecule has 3 aromatic carbocycles. The number of fused-ring (bicyclic) bond motifs is 3. The zero-order valence-corrected chi connectivity index (χ0v) is 20.8. The summed E-state index contributed by atoms with van der Waals surface area (Å²) in [4.78, 5) is 0. The van der Waals surface area contributed by atoms with Gasteiger partial charge in [-0.25, -0.2) is 0 Å². The van der Waals surface area contributed by atoms with E-state index < -0.39 is 0 Å². The molecule has 1 aliphatic heterocycles. The van der Waals surface area contributed by atoms with Gasteiger partial charge in [0.2, 0.25) is 11.4 Å². The number of nitrogens with zero attached hydrogens (tertiary/aromatic N) is 2. The van der Waals surface area contributed by atoms with Crippen molar-refractivity contribution in [1.29, 1.82) is 0 Å². The summed E-state index contributed by atoms with van der Waals surface area (Å²) in [5.74, 6) is 0.0593. The maximum Gasteiger partial charge on any atom is 0.354 e. The lowest BCUT2D eigenvalue weighted by atomic mass is 9.79. The second kappa shape index (κ2) is 8.65. The van der Waals surface area contributed by atoms with Crippen LogP contribution in [-0.4, -0.2) is 0 Å². The van der Waals surface area contributed by atoms with E-state index in [0.29, 0.717) is 0 Å². The first kappa shape index (κ1) is 21.0. The van der Waals surface area contributed by atoms with Crippen molar-refractivity contribution in [2.75, 3.05) is 0 Å². The molecule has 3 heteroatoms. The van der Waals surface area contributed by atoms with Crippen LogP contribution >= 0.6 is 22.9 Å². The predicted octanol–water partition coefficient (Wildman–Crippen LogP) is 7.08. The molecule has 0 spiro atoms. The van der Waals surface area contributed by atoms with E-state index in [1.54, 1.807) is 0 Å². The second-order valence-electron chi connectivity index (χ2n) is 8.53. The van der Waals surface area contributed by atoms with Gasteiger partial charge in [0, 0.05) is 24.3 Å². The van der Waals surface area contributed by atoms with Crippen molar-refractivity contribution in [3.8, 4) is 33.6 Å². The molecule has 1 atom stereocenters. The van der Waals surface area contributed by atoms with Crippen LogP contribution in [0.1, 0.15) is 17.0 Å². The molecule has 0 aliphatic carbocycles. The van der Waals surface area contributed by atoms with E-state index in [1.807, 2.05) is 0 Å². The topological polar surface area (TPSA) is 7.76 Å². The Morgan fingerprint density at radius 2 is 1.21 bits per heavy atom. The van der Waals surface area contributed by atoms with Crippen LogP contribution in [0.4, 0.5) is 0 Å². The highest BCUT2D eigenvalue weighted by atomic mass is 127. The fraction of sp³-hybridized carbons (Fsp3) is 0.0323. The van der Waals surface area contributed by atoms with Crippen LogP contribution in [-0.2, 0) is 0 Å². The average molecular weight is 550 g/mol. The highest BCUT2D eigenvalue weighted by molar-refractivity contribution is 14.1. The van der Waals surface area contributed by atoms with E-state index in [-0.39, 0.29) is 5.92 Å². The fourth-order valence-electron chi connectivity index (χ4n) is 5.03. The molecule has 0 fully saturated rings. The number of rotatable bonds is 3. The van der Waals surface area contributed by atoms with E-state index in [1.165, 1.54) is 44.8 Å². The molecule has 34 heavy (non-hydrogen) atoms. The molecule has 0 radical (unpaired) electrons. The summed E-state index contributed by atoms with van der Waals surface area (Å²) < 4.78 is 4.42. The Balaban J connectivity index is 1.55. The number of benzene rings is 3. The number of aromatic nitrogens is 2. The molecule has 0 amide bonds. The molecular weight excluding hydrogens is 527 g/mol. The molecule has 5 aromatic rings. The maximum absolute atomic E-state index is 4.63. The van der Waals surface area contributed by atoms with Gasteiger partial charge in [-0.2, -0.15) is 4.57 Å². The van der Waals surface area contributed by atoms with Gasteiger partial charge in [-0.1, -0.05) is 66.7 Å². The van der Waals surface area contributed by atoms with Crippen LogP contribution in [0.25, 0.3) is 39.3 Å². The van der Waals surface area contributed by atoms with Gasteiger partial charge in [0.1, 0.15) is 0 Å². The van der Waals surface area contributed by atoms with Crippen molar-refractivity contribution < 1.29 is 7.35 Å². The van der Waals surface area contributed by atoms with Gasteiger partial charge in [0.15, 0.2) is 18.1 Å². The SMILES string of the molecule is C=C1C(c2ccccc2-c2cccc[n+]2I)c2ccccc2-c2cc(-c3ccccc3)cc[n+]21. The van der Waals surface area contributed by atoms with Crippen LogP contribution < -0.4 is 7.35 Å². The Kier molecular flexibility index (Phi) is 5.34. The normalized spacial score (nSPS) is 14.4. The van der Waals surface area contributed by atoms with E-state index in [9.17, 15) is 0 Å². The van der Waals surface area contributed by atoms with Gasteiger partial charge >= 0.3 is 22.9 Å². The van der Waals surface area contributed by atoms with E-state index in [2.05, 4.69) is 158 Å². The largest absolute Gasteiger partial charge is 0.354 e. The summed E-state index contributed by atoms with van der Waals surface area (Å²) in [6, 6.07) is 38.8. The monoisotopic (exact) mass is 550 g/mol. The van der Waals surface area contributed by atoms with E-state index in [4.69, 9.17) is 0 Å². The summed E-state index contributed by atoms with van der Waals surface area (Å²) in [6.45, 7) is 4.63. The van der Waals surface area contributed by atoms with Crippen molar-refractivity contribution in [3.05, 3.63) is 139 Å². The van der Waals surface area contributed by atoms with Crippen LogP contribution in [0, 0.1) is 0 Å². The van der Waals surface area contributed by atoms with Gasteiger partial charge < -0.3 is 0 Å². The van der Waals surface area contributed by atoms with Crippen molar-refractivity contribution in [2.24, 2.45) is 0 Å². The molecule has 0 bridgehead atoms. The summed E-state index contributed by atoms with van der Waals surface area (Å²) in [5.41, 5.74) is 10.9. The minimum absolute atomic E-state index is 0.0593. The lowest BCUT2D eigenvalue weighted by molar-refractivity contribution is -0.573. The summed E-state index contributed by atoms with van der Waals surface area (Å²) >= 11 is 2.36. The Morgan fingerprint density at radius 3 is 1.91 bits per heavy atom. The van der Waals surface area contributed by atoms with Crippen LogP contribution in [0.5, 0.6) is 0 Å². The number of halogens is 1. The minimum Gasteiger partial charge on any atom is -0.164 e. The molecule has 0 saturated carbocycles. The molecule has 162 valence electrons. The first-order valence-corrected chi connectivity index (χ1v) is 12.3. The lowest BCUT2D eigenvalue weighted by Gasteiger charge is -2.26. The van der Waals surface area contributed by atoms with Crippen LogP contribution in [0.3, 0.4) is 0 Å². The number of pyridine rings is 2. The van der Waals surface area contributed by atoms with Gasteiger partial charge in [0.25, 0.3) is 0 Å². The minimum atomic E-state index is 0.0593. The van der Waals surface area contributed by atoms with E-state index >= 15 is 0 Å². The third-order valence-electron chi connectivity index (χ3n) is 6.61. The quantitative estimate of drug-likeness (QED) is 0.168. The van der Waals surface area contributed by atoms with Crippen molar-refractivity contribution >= 4 is 28.6 Å². The Labute approximate surface area is 214 Å². The standard InChI is InChI=1S/C31H23IN2/c1-22-31(27-15-7-5-13-25(27)29-17-9-10-19-34(29)32)28-16-8-6-14-26(28)30-21-24(18-20-33(22)30)23-11-3-2-4-12-23/h2-21,31H,1H2/q+2. The third-order valence-corrected chi connectivity index (χ3v) is 7.45. The van der Waals surface area contributed by atoms with Gasteiger partial charge in [-0.3, -0.25) is 0 Å². The highest BCUT2D eigenvalue weighted by Gasteiger charge is 2.37. The third kappa shape index (κ3) is 3.48. The molecule has 3 heterocycles. The number of hydrogen-bond donors (Lipinski definition) is 0. The molecule has 2 nitrogen and oxygen atoms in total. The van der Waals surface area contributed by atoms with Gasteiger partial charge in [0.05, 0.1) is 17.0 Å². The highest BCUT2D eigenvalue weighted by Crippen LogP contribution is 2.44. The number of allylic oxidation sites excluding steroid dienone is 1. The van der Waals surface area contributed by atoms with Crippen LogP contribution in [0.2, 0.25) is 0 Å². The summed E-state index contributed by atoms with van der Waals surface area (Å²) in [6.07, 6.45) is 4.26. The lowest BCUT2D eigenvalue weighted by Crippen LogP contribution is -2.40. The molecule has 1 unspecified atom stereocenters. The Morgan fingerprint density at radius 1 is 0.588 bits per heavy atom. The fourth-order valence-corrected chi connectivity index (χ4v) is 5.63. The Hall–Kier alpha value is -3.57. The first-order valence-electron chi connectivity index (χ1n) is 11.4. The Bertz CT molecular complexity index is 1540.